The first-order chi connectivity index (χ1) is 11.7. The minimum absolute atomic E-state index is 0.0641. The molecule has 2 atom stereocenters. The third-order valence-electron chi connectivity index (χ3n) is 4.78. The van der Waals surface area contributed by atoms with E-state index in [-0.39, 0.29) is 17.6 Å². The van der Waals surface area contributed by atoms with E-state index in [9.17, 15) is 4.39 Å². The quantitative estimate of drug-likeness (QED) is 0.861. The van der Waals surface area contributed by atoms with Crippen LogP contribution in [0.3, 0.4) is 0 Å². The van der Waals surface area contributed by atoms with E-state index < -0.39 is 5.82 Å². The number of ether oxygens (including phenoxy) is 2. The molecule has 2 saturated heterocycles. The van der Waals surface area contributed by atoms with Crippen molar-refractivity contribution in [2.75, 3.05) is 19.7 Å². The van der Waals surface area contributed by atoms with Gasteiger partial charge in [0.25, 0.3) is 5.88 Å². The Balaban J connectivity index is 1.38. The molecule has 6 heteroatoms. The maximum atomic E-state index is 13.7. The molecule has 2 aliphatic heterocycles. The Bertz CT molecular complexity index is 679. The lowest BCUT2D eigenvalue weighted by atomic mass is 9.89. The largest absolute Gasteiger partial charge is 0.472 e. The number of halogens is 1. The lowest BCUT2D eigenvalue weighted by Crippen LogP contribution is -2.47. The molecule has 2 aromatic rings. The van der Waals surface area contributed by atoms with Crippen molar-refractivity contribution in [1.29, 1.82) is 0 Å². The zero-order valence-corrected chi connectivity index (χ0v) is 13.5. The molecule has 0 N–H and O–H groups in total. The van der Waals surface area contributed by atoms with Gasteiger partial charge >= 0.3 is 0 Å². The molecule has 2 aromatic heterocycles. The summed E-state index contributed by atoms with van der Waals surface area (Å²) in [6.07, 6.45) is 7.74. The van der Waals surface area contributed by atoms with Crippen LogP contribution in [0.25, 0.3) is 0 Å². The van der Waals surface area contributed by atoms with Gasteiger partial charge in [0, 0.05) is 31.3 Å². The van der Waals surface area contributed by atoms with Gasteiger partial charge < -0.3 is 13.9 Å². The van der Waals surface area contributed by atoms with Crippen molar-refractivity contribution in [3.05, 3.63) is 48.3 Å². The van der Waals surface area contributed by atoms with Crippen molar-refractivity contribution in [2.45, 2.75) is 37.5 Å². The minimum atomic E-state index is -0.427. The fourth-order valence-corrected chi connectivity index (χ4v) is 3.74. The number of pyridine rings is 1. The molecular weight excluding hydrogens is 311 g/mol. The van der Waals surface area contributed by atoms with Gasteiger partial charge in [0.15, 0.2) is 5.82 Å². The number of hydrogen-bond donors (Lipinski definition) is 0. The molecule has 2 fully saturated rings. The van der Waals surface area contributed by atoms with Gasteiger partial charge in [0.05, 0.1) is 24.7 Å². The highest BCUT2D eigenvalue weighted by Gasteiger charge is 2.44. The van der Waals surface area contributed by atoms with Gasteiger partial charge in [-0.2, -0.15) is 0 Å². The number of nitrogens with zero attached hydrogens (tertiary/aromatic N) is 2. The highest BCUT2D eigenvalue weighted by atomic mass is 19.1. The molecule has 2 aliphatic rings. The van der Waals surface area contributed by atoms with Crippen LogP contribution in [-0.2, 0) is 11.3 Å². The van der Waals surface area contributed by atoms with E-state index in [1.807, 2.05) is 6.07 Å². The van der Waals surface area contributed by atoms with Gasteiger partial charge in [0.2, 0.25) is 0 Å². The zero-order chi connectivity index (χ0) is 16.4. The second-order valence-electron chi connectivity index (χ2n) is 6.67. The van der Waals surface area contributed by atoms with E-state index in [4.69, 9.17) is 13.9 Å². The lowest BCUT2D eigenvalue weighted by molar-refractivity contribution is -0.0538. The fraction of sp³-hybridized carbons (Fsp3) is 0.500. The van der Waals surface area contributed by atoms with E-state index in [0.717, 1.165) is 38.9 Å². The summed E-state index contributed by atoms with van der Waals surface area (Å²) in [5.74, 6) is -0.363. The van der Waals surface area contributed by atoms with Crippen LogP contribution in [0, 0.1) is 5.82 Å². The Kier molecular flexibility index (Phi) is 4.24. The topological polar surface area (TPSA) is 47.7 Å². The van der Waals surface area contributed by atoms with Gasteiger partial charge in [-0.25, -0.2) is 9.37 Å². The van der Waals surface area contributed by atoms with E-state index >= 15 is 0 Å². The first-order valence-corrected chi connectivity index (χ1v) is 8.37. The van der Waals surface area contributed by atoms with Crippen LogP contribution >= 0.6 is 0 Å². The van der Waals surface area contributed by atoms with E-state index in [2.05, 4.69) is 9.88 Å². The van der Waals surface area contributed by atoms with Gasteiger partial charge in [-0.3, -0.25) is 4.90 Å². The molecule has 0 aromatic carbocycles. The molecule has 4 heterocycles. The molecule has 24 heavy (non-hydrogen) atoms. The summed E-state index contributed by atoms with van der Waals surface area (Å²) >= 11 is 0. The summed E-state index contributed by atoms with van der Waals surface area (Å²) < 4.78 is 30.7. The van der Waals surface area contributed by atoms with Crippen molar-refractivity contribution in [1.82, 2.24) is 9.88 Å². The molecule has 5 nitrogen and oxygen atoms in total. The molecule has 0 saturated carbocycles. The average molecular weight is 332 g/mol. The van der Waals surface area contributed by atoms with Crippen LogP contribution in [0.15, 0.2) is 41.3 Å². The summed E-state index contributed by atoms with van der Waals surface area (Å²) in [7, 11) is 0. The molecular formula is C18H21FN2O3. The normalized spacial score (nSPS) is 27.6. The monoisotopic (exact) mass is 332 g/mol. The number of hydrogen-bond acceptors (Lipinski definition) is 5. The molecule has 4 rings (SSSR count). The Morgan fingerprint density at radius 1 is 1.42 bits per heavy atom. The molecule has 0 radical (unpaired) electrons. The third-order valence-corrected chi connectivity index (χ3v) is 4.78. The summed E-state index contributed by atoms with van der Waals surface area (Å²) in [5.41, 5.74) is 0.978. The number of piperidine rings is 1. The molecule has 0 amide bonds. The van der Waals surface area contributed by atoms with Crippen LogP contribution < -0.4 is 4.74 Å². The number of furan rings is 1. The predicted molar refractivity (Wildman–Crippen MR) is 85.1 cm³/mol. The second kappa shape index (κ2) is 6.53. The van der Waals surface area contributed by atoms with Crippen molar-refractivity contribution in [2.24, 2.45) is 0 Å². The summed E-state index contributed by atoms with van der Waals surface area (Å²) in [4.78, 5) is 6.35. The van der Waals surface area contributed by atoms with Crippen LogP contribution in [-0.4, -0.2) is 41.3 Å². The third kappa shape index (κ3) is 3.30. The van der Waals surface area contributed by atoms with Gasteiger partial charge in [0.1, 0.15) is 6.10 Å². The summed E-state index contributed by atoms with van der Waals surface area (Å²) in [5, 5.41) is 0. The lowest BCUT2D eigenvalue weighted by Gasteiger charge is -2.39. The Labute approximate surface area is 140 Å². The molecule has 1 spiro atoms. The van der Waals surface area contributed by atoms with Crippen LogP contribution in [0.2, 0.25) is 0 Å². The van der Waals surface area contributed by atoms with Crippen LogP contribution in [0.4, 0.5) is 4.39 Å². The standard InChI is InChI=1S/C18H21FN2O3/c19-16-3-1-6-20-17(16)24-15-9-18(23-12-15)5-2-7-21(13-18)10-14-4-8-22-11-14/h1,3-4,6,8,11,15H,2,5,7,9-10,12-13H2/t15-,18+/m1/s1. The Hall–Kier alpha value is -1.92. The SMILES string of the molecule is Fc1cccnc1O[C@H]1CO[C@@]2(CCCN(Cc3ccoc3)C2)C1. The minimum Gasteiger partial charge on any atom is -0.472 e. The number of likely N-dealkylation sites (tertiary alicyclic amines) is 1. The summed E-state index contributed by atoms with van der Waals surface area (Å²) in [6, 6.07) is 4.91. The Morgan fingerprint density at radius 3 is 3.21 bits per heavy atom. The second-order valence-corrected chi connectivity index (χ2v) is 6.67. The smallest absolute Gasteiger partial charge is 0.250 e. The summed E-state index contributed by atoms with van der Waals surface area (Å²) in [6.45, 7) is 3.26. The first kappa shape index (κ1) is 15.6. The molecule has 0 aliphatic carbocycles. The van der Waals surface area contributed by atoms with Crippen molar-refractivity contribution in [3.8, 4) is 5.88 Å². The van der Waals surface area contributed by atoms with Crippen LogP contribution in [0.5, 0.6) is 5.88 Å². The molecule has 0 unspecified atom stereocenters. The number of aromatic nitrogens is 1. The first-order valence-electron chi connectivity index (χ1n) is 8.37. The average Bonchev–Trinajstić information content (AvgIpc) is 3.21. The van der Waals surface area contributed by atoms with E-state index in [1.54, 1.807) is 18.6 Å². The number of rotatable bonds is 4. The van der Waals surface area contributed by atoms with Gasteiger partial charge in [-0.15, -0.1) is 0 Å². The van der Waals surface area contributed by atoms with Gasteiger partial charge in [-0.05, 0) is 37.6 Å². The maximum Gasteiger partial charge on any atom is 0.250 e. The highest BCUT2D eigenvalue weighted by molar-refractivity contribution is 5.14. The molecule has 0 bridgehead atoms. The van der Waals surface area contributed by atoms with Gasteiger partial charge in [-0.1, -0.05) is 0 Å². The van der Waals surface area contributed by atoms with Crippen molar-refractivity contribution in [3.63, 3.8) is 0 Å². The fourth-order valence-electron chi connectivity index (χ4n) is 3.74. The highest BCUT2D eigenvalue weighted by Crippen LogP contribution is 2.36. The van der Waals surface area contributed by atoms with E-state index in [0.29, 0.717) is 6.61 Å². The zero-order valence-electron chi connectivity index (χ0n) is 13.5. The van der Waals surface area contributed by atoms with E-state index in [1.165, 1.54) is 17.8 Å². The maximum absolute atomic E-state index is 13.7. The Morgan fingerprint density at radius 2 is 2.38 bits per heavy atom. The van der Waals surface area contributed by atoms with Crippen molar-refractivity contribution < 1.29 is 18.3 Å². The molecule has 128 valence electrons. The van der Waals surface area contributed by atoms with Crippen molar-refractivity contribution >= 4 is 0 Å². The predicted octanol–water partition coefficient (Wildman–Crippen LogP) is 3.02. The van der Waals surface area contributed by atoms with Crippen LogP contribution in [0.1, 0.15) is 24.8 Å².